The summed E-state index contributed by atoms with van der Waals surface area (Å²) in [6.45, 7) is 3.58. The van der Waals surface area contributed by atoms with Crippen LogP contribution < -0.4 is 0 Å². The zero-order valence-corrected chi connectivity index (χ0v) is 13.2. The summed E-state index contributed by atoms with van der Waals surface area (Å²) in [5, 5.41) is 9.61. The Hall–Kier alpha value is -2.07. The molecule has 2 aliphatic rings. The minimum Gasteiger partial charge on any atom is -0.394 e. The number of hydrogen-bond acceptors (Lipinski definition) is 7. The molecule has 3 aromatic heterocycles. The predicted octanol–water partition coefficient (Wildman–Crippen LogP) is 0.489. The zero-order valence-electron chi connectivity index (χ0n) is 13.2. The van der Waals surface area contributed by atoms with Crippen LogP contribution in [0.4, 0.5) is 0 Å². The van der Waals surface area contributed by atoms with Crippen molar-refractivity contribution in [2.75, 3.05) is 6.61 Å². The van der Waals surface area contributed by atoms with E-state index in [1.54, 1.807) is 18.9 Å². The van der Waals surface area contributed by atoms with Crippen molar-refractivity contribution in [3.63, 3.8) is 0 Å². The third-order valence-corrected chi connectivity index (χ3v) is 4.53. The highest BCUT2D eigenvalue weighted by Gasteiger charge is 2.55. The van der Waals surface area contributed by atoms with Crippen LogP contribution in [0.15, 0.2) is 25.0 Å². The highest BCUT2D eigenvalue weighted by Crippen LogP contribution is 2.43. The highest BCUT2D eigenvalue weighted by molar-refractivity contribution is 5.85. The maximum atomic E-state index is 9.61. The molecule has 126 valence electrons. The molecule has 4 atom stereocenters. The van der Waals surface area contributed by atoms with Crippen LogP contribution in [0, 0.1) is 0 Å². The third kappa shape index (κ3) is 1.86. The van der Waals surface area contributed by atoms with Gasteiger partial charge in [-0.1, -0.05) is 0 Å². The molecule has 9 nitrogen and oxygen atoms in total. The van der Waals surface area contributed by atoms with Gasteiger partial charge in [0.25, 0.3) is 0 Å². The molecule has 3 aromatic rings. The van der Waals surface area contributed by atoms with Crippen molar-refractivity contribution in [1.82, 2.24) is 23.9 Å². The van der Waals surface area contributed by atoms with E-state index in [0.29, 0.717) is 11.2 Å². The molecule has 0 bridgehead atoms. The van der Waals surface area contributed by atoms with Gasteiger partial charge in [0.05, 0.1) is 12.9 Å². The molecular weight excluding hydrogens is 314 g/mol. The maximum Gasteiger partial charge on any atom is 0.167 e. The number of rotatable bonds is 2. The largest absolute Gasteiger partial charge is 0.394 e. The van der Waals surface area contributed by atoms with Crippen LogP contribution in [0.5, 0.6) is 0 Å². The third-order valence-electron chi connectivity index (χ3n) is 4.53. The lowest BCUT2D eigenvalue weighted by atomic mass is 10.1. The van der Waals surface area contributed by atoms with Crippen molar-refractivity contribution in [3.05, 3.63) is 25.0 Å². The van der Waals surface area contributed by atoms with Gasteiger partial charge in [0.1, 0.15) is 24.6 Å². The monoisotopic (exact) mass is 331 g/mol. The molecule has 0 spiro atoms. The molecule has 2 saturated heterocycles. The van der Waals surface area contributed by atoms with Crippen LogP contribution in [0.2, 0.25) is 0 Å². The molecule has 0 aromatic carbocycles. The lowest BCUT2D eigenvalue weighted by Gasteiger charge is -2.24. The first kappa shape index (κ1) is 14.3. The van der Waals surface area contributed by atoms with Gasteiger partial charge < -0.3 is 19.3 Å². The minimum atomic E-state index is -0.717. The molecule has 0 saturated carbocycles. The van der Waals surface area contributed by atoms with Crippen molar-refractivity contribution in [3.8, 4) is 0 Å². The smallest absolute Gasteiger partial charge is 0.167 e. The van der Waals surface area contributed by atoms with Gasteiger partial charge in [0, 0.05) is 12.4 Å². The minimum absolute atomic E-state index is 0.137. The van der Waals surface area contributed by atoms with E-state index in [4.69, 9.17) is 14.2 Å². The molecule has 2 fully saturated rings. The molecule has 9 heteroatoms. The van der Waals surface area contributed by atoms with Gasteiger partial charge in [0.2, 0.25) is 0 Å². The number of ether oxygens (including phenoxy) is 3. The van der Waals surface area contributed by atoms with Crippen molar-refractivity contribution in [2.45, 2.75) is 44.2 Å². The molecule has 0 aliphatic carbocycles. The maximum absolute atomic E-state index is 9.61. The van der Waals surface area contributed by atoms with Gasteiger partial charge in [0.15, 0.2) is 28.8 Å². The van der Waals surface area contributed by atoms with Crippen LogP contribution in [0.3, 0.4) is 0 Å². The summed E-state index contributed by atoms with van der Waals surface area (Å²) in [5.74, 6) is -0.717. The number of aromatic nitrogens is 5. The average molecular weight is 331 g/mol. The van der Waals surface area contributed by atoms with E-state index in [1.165, 1.54) is 0 Å². The molecule has 4 unspecified atom stereocenters. The van der Waals surface area contributed by atoms with E-state index in [0.717, 1.165) is 5.65 Å². The Morgan fingerprint density at radius 1 is 1.12 bits per heavy atom. The first-order valence-electron chi connectivity index (χ1n) is 7.83. The number of imidazole rings is 2. The predicted molar refractivity (Wildman–Crippen MR) is 81.1 cm³/mol. The van der Waals surface area contributed by atoms with Crippen LogP contribution in [0.25, 0.3) is 16.8 Å². The van der Waals surface area contributed by atoms with E-state index in [1.807, 2.05) is 29.0 Å². The van der Waals surface area contributed by atoms with E-state index in [2.05, 4.69) is 15.0 Å². The van der Waals surface area contributed by atoms with Gasteiger partial charge in [-0.05, 0) is 13.8 Å². The first-order chi connectivity index (χ1) is 11.6. The first-order valence-corrected chi connectivity index (χ1v) is 7.83. The normalized spacial score (nSPS) is 32.0. The Labute approximate surface area is 136 Å². The van der Waals surface area contributed by atoms with E-state index >= 15 is 0 Å². The van der Waals surface area contributed by atoms with Gasteiger partial charge in [-0.2, -0.15) is 0 Å². The Kier molecular flexibility index (Phi) is 2.82. The van der Waals surface area contributed by atoms with Crippen molar-refractivity contribution in [2.24, 2.45) is 0 Å². The van der Waals surface area contributed by atoms with Crippen molar-refractivity contribution >= 4 is 16.8 Å². The summed E-state index contributed by atoms with van der Waals surface area (Å²) in [4.78, 5) is 13.2. The van der Waals surface area contributed by atoms with Crippen molar-refractivity contribution < 1.29 is 19.3 Å². The quantitative estimate of drug-likeness (QED) is 0.730. The van der Waals surface area contributed by atoms with E-state index < -0.39 is 18.1 Å². The van der Waals surface area contributed by atoms with Crippen LogP contribution in [0.1, 0.15) is 20.1 Å². The van der Waals surface area contributed by atoms with Gasteiger partial charge in [-0.15, -0.1) is 0 Å². The summed E-state index contributed by atoms with van der Waals surface area (Å²) < 4.78 is 21.5. The molecule has 24 heavy (non-hydrogen) atoms. The number of nitrogens with zero attached hydrogens (tertiary/aromatic N) is 5. The fraction of sp³-hybridized carbons (Fsp3) is 0.533. The Balaban J connectivity index is 1.62. The number of hydrogen-bond donors (Lipinski definition) is 1. The summed E-state index contributed by atoms with van der Waals surface area (Å²) in [5.41, 5.74) is 2.08. The second-order valence-corrected chi connectivity index (χ2v) is 6.54. The Morgan fingerprint density at radius 3 is 2.79 bits per heavy atom. The van der Waals surface area contributed by atoms with Gasteiger partial charge >= 0.3 is 0 Å². The lowest BCUT2D eigenvalue weighted by Crippen LogP contribution is -2.31. The van der Waals surface area contributed by atoms with Gasteiger partial charge in [-0.3, -0.25) is 8.97 Å². The molecule has 1 N–H and O–H groups in total. The fourth-order valence-corrected chi connectivity index (χ4v) is 3.56. The molecule has 5 rings (SSSR count). The van der Waals surface area contributed by atoms with E-state index in [-0.39, 0.29) is 18.8 Å². The topological polar surface area (TPSA) is 95.9 Å². The second kappa shape index (κ2) is 4.73. The zero-order chi connectivity index (χ0) is 16.5. The summed E-state index contributed by atoms with van der Waals surface area (Å²) >= 11 is 0. The van der Waals surface area contributed by atoms with Crippen LogP contribution in [-0.4, -0.2) is 59.7 Å². The Bertz CT molecular complexity index is 919. The second-order valence-electron chi connectivity index (χ2n) is 6.54. The SMILES string of the molecule is CC1(C)OC2C(CO)OC(n3cnc4c3ncn3ccnc43)C2O1. The average Bonchev–Trinajstić information content (AvgIpc) is 3.26. The Morgan fingerprint density at radius 2 is 1.96 bits per heavy atom. The number of aliphatic hydroxyl groups is 1. The number of fused-ring (bicyclic) bond motifs is 4. The molecular formula is C15H17N5O4. The van der Waals surface area contributed by atoms with E-state index in [9.17, 15) is 5.11 Å². The van der Waals surface area contributed by atoms with Crippen molar-refractivity contribution in [1.29, 1.82) is 0 Å². The van der Waals surface area contributed by atoms with Crippen LogP contribution in [-0.2, 0) is 14.2 Å². The lowest BCUT2D eigenvalue weighted by molar-refractivity contribution is -0.199. The molecule has 5 heterocycles. The summed E-state index contributed by atoms with van der Waals surface area (Å²) in [7, 11) is 0. The van der Waals surface area contributed by atoms with Gasteiger partial charge in [-0.25, -0.2) is 15.0 Å². The highest BCUT2D eigenvalue weighted by atomic mass is 16.8. The standard InChI is InChI=1S/C15H17N5O4/c1-15(2)23-10-8(5-21)22-14(11(10)24-15)20-7-17-9-12-16-3-4-19(12)6-18-13(9)20/h3-4,6-8,10-11,14,21H,5H2,1-2H3. The number of aliphatic hydroxyl groups excluding tert-OH is 1. The fourth-order valence-electron chi connectivity index (χ4n) is 3.56. The summed E-state index contributed by atoms with van der Waals surface area (Å²) in [6, 6.07) is 0. The van der Waals surface area contributed by atoms with Crippen LogP contribution >= 0.6 is 0 Å². The summed E-state index contributed by atoms with van der Waals surface area (Å²) in [6.07, 6.45) is 5.29. The molecule has 0 amide bonds. The molecule has 2 aliphatic heterocycles. The molecule has 0 radical (unpaired) electrons.